The lowest BCUT2D eigenvalue weighted by molar-refractivity contribution is -0.143. The van der Waals surface area contributed by atoms with Gasteiger partial charge in [0.15, 0.2) is 0 Å². The zero-order valence-electron chi connectivity index (χ0n) is 17.3. The second-order valence-corrected chi connectivity index (χ2v) is 10.7. The van der Waals surface area contributed by atoms with Crippen molar-refractivity contribution in [2.75, 3.05) is 5.32 Å². The van der Waals surface area contributed by atoms with Gasteiger partial charge in [0.05, 0.1) is 5.41 Å². The van der Waals surface area contributed by atoms with E-state index in [0.29, 0.717) is 11.8 Å². The third kappa shape index (κ3) is 2.82. The van der Waals surface area contributed by atoms with Crippen molar-refractivity contribution < 1.29 is 4.79 Å². The number of halogens is 1. The Morgan fingerprint density at radius 3 is 2.50 bits per heavy atom. The molecule has 30 heavy (non-hydrogen) atoms. The number of carbonyl (C=O) groups excluding carboxylic acids is 1. The van der Waals surface area contributed by atoms with Crippen LogP contribution in [0, 0.1) is 24.2 Å². The summed E-state index contributed by atoms with van der Waals surface area (Å²) in [6, 6.07) is 16.7. The predicted octanol–water partition coefficient (Wildman–Crippen LogP) is 6.61. The van der Waals surface area contributed by atoms with E-state index in [1.165, 1.54) is 24.8 Å². The molecule has 3 aromatic rings. The molecule has 1 amide bonds. The first-order valence-electron chi connectivity index (χ1n) is 11.1. The highest BCUT2D eigenvalue weighted by Gasteiger charge is 2.60. The lowest BCUT2D eigenvalue weighted by atomic mass is 9.42. The van der Waals surface area contributed by atoms with Crippen molar-refractivity contribution in [2.45, 2.75) is 50.9 Å². The molecule has 2 unspecified atom stereocenters. The van der Waals surface area contributed by atoms with E-state index in [4.69, 9.17) is 11.6 Å². The van der Waals surface area contributed by atoms with Crippen molar-refractivity contribution in [3.63, 3.8) is 0 Å². The van der Waals surface area contributed by atoms with Crippen molar-refractivity contribution in [3.8, 4) is 0 Å². The van der Waals surface area contributed by atoms with Gasteiger partial charge in [-0.1, -0.05) is 23.7 Å². The number of benzene rings is 2. The fourth-order valence-electron chi connectivity index (χ4n) is 7.29. The second-order valence-electron chi connectivity index (χ2n) is 10.2. The maximum atomic E-state index is 13.7. The van der Waals surface area contributed by atoms with Crippen molar-refractivity contribution in [1.29, 1.82) is 0 Å². The summed E-state index contributed by atoms with van der Waals surface area (Å²) in [6.07, 6.45) is 6.76. The van der Waals surface area contributed by atoms with Gasteiger partial charge in [-0.05, 0) is 105 Å². The number of aryl methyl sites for hydroxylation is 1. The first kappa shape index (κ1) is 18.5. The van der Waals surface area contributed by atoms with E-state index in [0.717, 1.165) is 46.6 Å². The number of nitrogens with one attached hydrogen (secondary N) is 2. The van der Waals surface area contributed by atoms with Gasteiger partial charge < -0.3 is 10.3 Å². The number of amides is 1. The molecule has 0 radical (unpaired) electrons. The maximum absolute atomic E-state index is 13.7. The summed E-state index contributed by atoms with van der Waals surface area (Å²) in [4.78, 5) is 17.0. The number of hydrogen-bond acceptors (Lipinski definition) is 1. The number of H-pyrrole nitrogens is 1. The number of rotatable bonds is 3. The SMILES string of the molecule is Cc1cc2cc(NC(=O)C34CC5CC(C3)CC(c3ccc(Cl)cc3)(C5)C4)ccc2[nH]1. The molecule has 3 nitrogen and oxygen atoms in total. The lowest BCUT2D eigenvalue weighted by Gasteiger charge is -2.61. The van der Waals surface area contributed by atoms with Crippen LogP contribution in [0.3, 0.4) is 0 Å². The molecule has 154 valence electrons. The molecule has 0 spiro atoms. The molecule has 2 atom stereocenters. The molecule has 0 saturated heterocycles. The fraction of sp³-hybridized carbons (Fsp3) is 0.423. The Morgan fingerprint density at radius 1 is 1.03 bits per heavy atom. The summed E-state index contributed by atoms with van der Waals surface area (Å²) in [7, 11) is 0. The van der Waals surface area contributed by atoms with Gasteiger partial charge in [-0.3, -0.25) is 4.79 Å². The predicted molar refractivity (Wildman–Crippen MR) is 122 cm³/mol. The van der Waals surface area contributed by atoms with Crippen molar-refractivity contribution in [3.05, 3.63) is 64.8 Å². The van der Waals surface area contributed by atoms with Gasteiger partial charge in [0.2, 0.25) is 5.91 Å². The quantitative estimate of drug-likeness (QED) is 0.494. The zero-order chi connectivity index (χ0) is 20.5. The molecule has 7 rings (SSSR count). The standard InChI is InChI=1S/C26H27ClN2O/c1-16-8-19-10-22(6-7-23(19)28-16)29-24(30)26-13-17-9-18(14-26)12-25(11-17,15-26)20-2-4-21(27)5-3-20/h2-8,10,17-18,28H,9,11-15H2,1H3,(H,29,30). The Labute approximate surface area is 182 Å². The minimum atomic E-state index is -0.243. The molecule has 1 heterocycles. The minimum absolute atomic E-state index is 0.133. The zero-order valence-corrected chi connectivity index (χ0v) is 18.1. The van der Waals surface area contributed by atoms with E-state index in [9.17, 15) is 4.79 Å². The van der Waals surface area contributed by atoms with E-state index in [-0.39, 0.29) is 16.7 Å². The van der Waals surface area contributed by atoms with Crippen LogP contribution >= 0.6 is 11.6 Å². The molecule has 4 fully saturated rings. The van der Waals surface area contributed by atoms with Crippen LogP contribution in [-0.2, 0) is 10.2 Å². The Bertz CT molecular complexity index is 1130. The molecule has 4 aliphatic rings. The number of anilines is 1. The molecule has 4 aliphatic carbocycles. The van der Waals surface area contributed by atoms with Crippen LogP contribution in [0.1, 0.15) is 49.8 Å². The molecule has 2 aromatic carbocycles. The average molecular weight is 419 g/mol. The normalized spacial score (nSPS) is 31.9. The Kier molecular flexibility index (Phi) is 3.93. The highest BCUT2D eigenvalue weighted by atomic mass is 35.5. The summed E-state index contributed by atoms with van der Waals surface area (Å²) in [6.45, 7) is 2.06. The van der Waals surface area contributed by atoms with Gasteiger partial charge in [-0.25, -0.2) is 0 Å². The van der Waals surface area contributed by atoms with Gasteiger partial charge in [0.1, 0.15) is 0 Å². The van der Waals surface area contributed by atoms with Crippen LogP contribution in [0.25, 0.3) is 10.9 Å². The second kappa shape index (κ2) is 6.37. The van der Waals surface area contributed by atoms with E-state index in [2.05, 4.69) is 47.6 Å². The Morgan fingerprint density at radius 2 is 1.77 bits per heavy atom. The van der Waals surface area contributed by atoms with Crippen LogP contribution in [0.15, 0.2) is 48.5 Å². The molecular weight excluding hydrogens is 392 g/mol. The summed E-state index contributed by atoms with van der Waals surface area (Å²) in [5, 5.41) is 5.23. The fourth-order valence-corrected chi connectivity index (χ4v) is 7.41. The number of carbonyl (C=O) groups is 1. The Hall–Kier alpha value is -2.26. The van der Waals surface area contributed by atoms with Crippen molar-refractivity contribution in [1.82, 2.24) is 4.98 Å². The number of hydrogen-bond donors (Lipinski definition) is 2. The van der Waals surface area contributed by atoms with E-state index < -0.39 is 0 Å². The number of aromatic amines is 1. The highest BCUT2D eigenvalue weighted by molar-refractivity contribution is 6.30. The largest absolute Gasteiger partial charge is 0.359 e. The topological polar surface area (TPSA) is 44.9 Å². The summed E-state index contributed by atoms with van der Waals surface area (Å²) >= 11 is 6.16. The van der Waals surface area contributed by atoms with Crippen LogP contribution in [0.5, 0.6) is 0 Å². The average Bonchev–Trinajstić information content (AvgIpc) is 3.06. The van der Waals surface area contributed by atoms with Crippen molar-refractivity contribution in [2.24, 2.45) is 17.3 Å². The van der Waals surface area contributed by atoms with Gasteiger partial charge in [-0.2, -0.15) is 0 Å². The molecule has 0 aliphatic heterocycles. The molecule has 2 N–H and O–H groups in total. The number of aromatic nitrogens is 1. The smallest absolute Gasteiger partial charge is 0.230 e. The Balaban J connectivity index is 1.32. The summed E-state index contributed by atoms with van der Waals surface area (Å²) in [5.74, 6) is 1.53. The van der Waals surface area contributed by atoms with E-state index >= 15 is 0 Å². The van der Waals surface area contributed by atoms with Gasteiger partial charge in [-0.15, -0.1) is 0 Å². The first-order chi connectivity index (χ1) is 14.4. The van der Waals surface area contributed by atoms with E-state index in [1.54, 1.807) is 0 Å². The monoisotopic (exact) mass is 418 g/mol. The summed E-state index contributed by atoms with van der Waals surface area (Å²) < 4.78 is 0. The highest BCUT2D eigenvalue weighted by Crippen LogP contribution is 2.66. The maximum Gasteiger partial charge on any atom is 0.230 e. The van der Waals surface area contributed by atoms with Gasteiger partial charge in [0, 0.05) is 27.3 Å². The molecule has 4 heteroatoms. The first-order valence-corrected chi connectivity index (χ1v) is 11.5. The van der Waals surface area contributed by atoms with Crippen molar-refractivity contribution >= 4 is 34.1 Å². The van der Waals surface area contributed by atoms with Crippen LogP contribution in [0.2, 0.25) is 5.02 Å². The third-order valence-electron chi connectivity index (χ3n) is 8.01. The van der Waals surface area contributed by atoms with Crippen LogP contribution in [0.4, 0.5) is 5.69 Å². The third-order valence-corrected chi connectivity index (χ3v) is 8.26. The number of fused-ring (bicyclic) bond motifs is 1. The van der Waals surface area contributed by atoms with Crippen LogP contribution in [-0.4, -0.2) is 10.9 Å². The lowest BCUT2D eigenvalue weighted by Crippen LogP contribution is -2.57. The summed E-state index contributed by atoms with van der Waals surface area (Å²) in [5.41, 5.74) is 4.42. The van der Waals surface area contributed by atoms with Crippen LogP contribution < -0.4 is 5.32 Å². The van der Waals surface area contributed by atoms with Gasteiger partial charge >= 0.3 is 0 Å². The minimum Gasteiger partial charge on any atom is -0.359 e. The molecule has 1 aromatic heterocycles. The van der Waals surface area contributed by atoms with Gasteiger partial charge in [0.25, 0.3) is 0 Å². The van der Waals surface area contributed by atoms with E-state index in [1.807, 2.05) is 18.2 Å². The molecule has 4 saturated carbocycles. The molecule has 4 bridgehead atoms. The molecular formula is C26H27ClN2O.